The first-order valence-corrected chi connectivity index (χ1v) is 8.01. The normalized spacial score (nSPS) is 14.5. The summed E-state index contributed by atoms with van der Waals surface area (Å²) in [6.07, 6.45) is 8.69. The number of nitrogens with zero attached hydrogens (tertiary/aromatic N) is 1. The first-order chi connectivity index (χ1) is 11.6. The Morgan fingerprint density at radius 3 is 3.08 bits per heavy atom. The highest BCUT2D eigenvalue weighted by Crippen LogP contribution is 2.29. The number of aromatic nitrogens is 1. The van der Waals surface area contributed by atoms with E-state index in [1.54, 1.807) is 24.5 Å². The molecular formula is C19H17ClN2O2. The summed E-state index contributed by atoms with van der Waals surface area (Å²) in [5.41, 5.74) is 2.79. The first-order valence-electron chi connectivity index (χ1n) is 7.63. The summed E-state index contributed by atoms with van der Waals surface area (Å²) in [4.78, 5) is 16.1. The predicted molar refractivity (Wildman–Crippen MR) is 94.9 cm³/mol. The average molecular weight is 341 g/mol. The number of rotatable bonds is 4. The number of carbonyl (C=O) groups excluding carboxylic acids is 1. The fraction of sp³-hybridized carbons (Fsp3) is 0.158. The van der Waals surface area contributed by atoms with Crippen molar-refractivity contribution < 1.29 is 9.53 Å². The summed E-state index contributed by atoms with van der Waals surface area (Å²) in [7, 11) is 0. The monoisotopic (exact) mass is 340 g/mol. The van der Waals surface area contributed by atoms with E-state index in [4.69, 9.17) is 16.3 Å². The van der Waals surface area contributed by atoms with Crippen molar-refractivity contribution in [2.24, 2.45) is 0 Å². The summed E-state index contributed by atoms with van der Waals surface area (Å²) in [5.74, 6) is 0.635. The molecule has 2 heterocycles. The quantitative estimate of drug-likeness (QED) is 0.857. The molecule has 1 aliphatic rings. The van der Waals surface area contributed by atoms with Crippen LogP contribution in [-0.2, 0) is 4.79 Å². The zero-order chi connectivity index (χ0) is 16.9. The van der Waals surface area contributed by atoms with Crippen LogP contribution in [0.1, 0.15) is 24.1 Å². The van der Waals surface area contributed by atoms with E-state index < -0.39 is 0 Å². The van der Waals surface area contributed by atoms with Crippen molar-refractivity contribution in [1.82, 2.24) is 10.3 Å². The Hall–Kier alpha value is -2.59. The van der Waals surface area contributed by atoms with Gasteiger partial charge in [-0.2, -0.15) is 0 Å². The molecule has 1 atom stereocenters. The molecule has 122 valence electrons. The highest BCUT2D eigenvalue weighted by molar-refractivity contribution is 6.30. The fourth-order valence-corrected chi connectivity index (χ4v) is 2.60. The molecule has 1 aromatic heterocycles. The van der Waals surface area contributed by atoms with Crippen molar-refractivity contribution in [2.45, 2.75) is 13.0 Å². The largest absolute Gasteiger partial charge is 0.488 e. The van der Waals surface area contributed by atoms with E-state index in [0.29, 0.717) is 11.6 Å². The molecule has 0 bridgehead atoms. The van der Waals surface area contributed by atoms with Crippen molar-refractivity contribution in [2.75, 3.05) is 6.61 Å². The predicted octanol–water partition coefficient (Wildman–Crippen LogP) is 3.94. The van der Waals surface area contributed by atoms with Gasteiger partial charge < -0.3 is 10.1 Å². The number of hydrogen-bond donors (Lipinski definition) is 1. The van der Waals surface area contributed by atoms with E-state index >= 15 is 0 Å². The van der Waals surface area contributed by atoms with Gasteiger partial charge in [0.2, 0.25) is 5.91 Å². The number of fused-ring (bicyclic) bond motifs is 1. The lowest BCUT2D eigenvalue weighted by Gasteiger charge is -2.16. The molecular weight excluding hydrogens is 324 g/mol. The van der Waals surface area contributed by atoms with Crippen molar-refractivity contribution >= 4 is 23.6 Å². The van der Waals surface area contributed by atoms with Crippen molar-refractivity contribution in [3.05, 3.63) is 76.6 Å². The van der Waals surface area contributed by atoms with Gasteiger partial charge >= 0.3 is 0 Å². The fourth-order valence-electron chi connectivity index (χ4n) is 2.42. The third kappa shape index (κ3) is 4.03. The number of ether oxygens (including phenoxy) is 1. The van der Waals surface area contributed by atoms with E-state index in [0.717, 1.165) is 22.4 Å². The molecule has 0 fully saturated rings. The zero-order valence-electron chi connectivity index (χ0n) is 13.2. The lowest BCUT2D eigenvalue weighted by atomic mass is 10.1. The van der Waals surface area contributed by atoms with Crippen molar-refractivity contribution in [1.29, 1.82) is 0 Å². The van der Waals surface area contributed by atoms with Gasteiger partial charge in [-0.1, -0.05) is 23.7 Å². The van der Waals surface area contributed by atoms with E-state index in [2.05, 4.69) is 10.3 Å². The second-order valence-corrected chi connectivity index (χ2v) is 5.98. The molecule has 0 spiro atoms. The molecule has 1 aliphatic heterocycles. The second kappa shape index (κ2) is 7.32. The Bertz CT molecular complexity index is 800. The van der Waals surface area contributed by atoms with E-state index in [9.17, 15) is 4.79 Å². The van der Waals surface area contributed by atoms with Gasteiger partial charge in [0, 0.05) is 29.1 Å². The maximum Gasteiger partial charge on any atom is 0.244 e. The van der Waals surface area contributed by atoms with Crippen molar-refractivity contribution in [3.8, 4) is 5.75 Å². The van der Waals surface area contributed by atoms with E-state index in [-0.39, 0.29) is 11.9 Å². The van der Waals surface area contributed by atoms with Crippen LogP contribution in [0.3, 0.4) is 0 Å². The number of benzene rings is 1. The van der Waals surface area contributed by atoms with Crippen LogP contribution in [0.5, 0.6) is 5.75 Å². The van der Waals surface area contributed by atoms with Gasteiger partial charge in [0.1, 0.15) is 12.4 Å². The van der Waals surface area contributed by atoms with Crippen LogP contribution in [0.2, 0.25) is 5.02 Å². The molecule has 1 unspecified atom stereocenters. The van der Waals surface area contributed by atoms with Crippen LogP contribution in [0.15, 0.2) is 60.5 Å². The van der Waals surface area contributed by atoms with Gasteiger partial charge in [0.25, 0.3) is 0 Å². The number of halogens is 1. The first kappa shape index (κ1) is 16.3. The molecule has 1 aromatic carbocycles. The highest BCUT2D eigenvalue weighted by Gasteiger charge is 2.11. The lowest BCUT2D eigenvalue weighted by molar-refractivity contribution is -0.117. The number of pyridine rings is 1. The van der Waals surface area contributed by atoms with Crippen LogP contribution >= 0.6 is 11.6 Å². The number of nitrogens with one attached hydrogen (secondary N) is 1. The summed E-state index contributed by atoms with van der Waals surface area (Å²) < 4.78 is 5.66. The molecule has 2 aromatic rings. The lowest BCUT2D eigenvalue weighted by Crippen LogP contribution is -2.24. The second-order valence-electron chi connectivity index (χ2n) is 5.54. The van der Waals surface area contributed by atoms with Crippen LogP contribution < -0.4 is 10.1 Å². The Morgan fingerprint density at radius 2 is 2.29 bits per heavy atom. The third-order valence-electron chi connectivity index (χ3n) is 3.70. The molecule has 0 radical (unpaired) electrons. The molecule has 3 rings (SSSR count). The van der Waals surface area contributed by atoms with Gasteiger partial charge in [0.15, 0.2) is 0 Å². The van der Waals surface area contributed by atoms with Gasteiger partial charge in [0.05, 0.1) is 6.04 Å². The summed E-state index contributed by atoms with van der Waals surface area (Å²) in [6, 6.07) is 9.15. The number of amides is 1. The van der Waals surface area contributed by atoms with Gasteiger partial charge in [-0.15, -0.1) is 0 Å². The molecule has 1 amide bonds. The SMILES string of the molecule is CC(NC(=O)/C=C/C1=Cc2cc(Cl)ccc2OC1)c1cccnc1. The van der Waals surface area contributed by atoms with Crippen LogP contribution in [0.25, 0.3) is 6.08 Å². The average Bonchev–Trinajstić information content (AvgIpc) is 2.60. The molecule has 5 heteroatoms. The van der Waals surface area contributed by atoms with E-state index in [1.807, 2.05) is 37.3 Å². The number of hydrogen-bond acceptors (Lipinski definition) is 3. The standard InChI is InChI=1S/C19H17ClN2O2/c1-13(15-3-2-8-21-11-15)22-19(23)7-4-14-9-16-10-17(20)5-6-18(16)24-12-14/h2-11,13H,12H2,1H3,(H,22,23)/b7-4+. The van der Waals surface area contributed by atoms with Gasteiger partial charge in [-0.3, -0.25) is 9.78 Å². The maximum atomic E-state index is 12.1. The van der Waals surface area contributed by atoms with Gasteiger partial charge in [-0.25, -0.2) is 0 Å². The minimum atomic E-state index is -0.163. The summed E-state index contributed by atoms with van der Waals surface area (Å²) in [5, 5.41) is 3.56. The Morgan fingerprint density at radius 1 is 1.42 bits per heavy atom. The molecule has 0 aliphatic carbocycles. The molecule has 0 saturated carbocycles. The topological polar surface area (TPSA) is 51.2 Å². The van der Waals surface area contributed by atoms with Crippen LogP contribution in [0, 0.1) is 0 Å². The smallest absolute Gasteiger partial charge is 0.244 e. The molecule has 0 saturated heterocycles. The Balaban J connectivity index is 1.64. The van der Waals surface area contributed by atoms with Crippen molar-refractivity contribution in [3.63, 3.8) is 0 Å². The Kier molecular flexibility index (Phi) is 4.96. The Labute approximate surface area is 145 Å². The van der Waals surface area contributed by atoms with Crippen LogP contribution in [0.4, 0.5) is 0 Å². The third-order valence-corrected chi connectivity index (χ3v) is 3.93. The molecule has 1 N–H and O–H groups in total. The summed E-state index contributed by atoms with van der Waals surface area (Å²) >= 11 is 6.00. The minimum absolute atomic E-state index is 0.105. The molecule has 4 nitrogen and oxygen atoms in total. The summed E-state index contributed by atoms with van der Waals surface area (Å²) in [6.45, 7) is 2.35. The minimum Gasteiger partial charge on any atom is -0.488 e. The molecule has 24 heavy (non-hydrogen) atoms. The van der Waals surface area contributed by atoms with Gasteiger partial charge in [-0.05, 0) is 48.4 Å². The maximum absolute atomic E-state index is 12.1. The van der Waals surface area contributed by atoms with E-state index in [1.165, 1.54) is 6.08 Å². The van der Waals surface area contributed by atoms with Crippen LogP contribution in [-0.4, -0.2) is 17.5 Å². The highest BCUT2D eigenvalue weighted by atomic mass is 35.5. The number of carbonyl (C=O) groups is 1. The zero-order valence-corrected chi connectivity index (χ0v) is 14.0.